The molecule has 0 saturated heterocycles. The van der Waals surface area contributed by atoms with Crippen LogP contribution in [-0.2, 0) is 13.0 Å². The summed E-state index contributed by atoms with van der Waals surface area (Å²) in [4.78, 5) is 0. The van der Waals surface area contributed by atoms with Gasteiger partial charge in [0, 0.05) is 34.7 Å². The highest BCUT2D eigenvalue weighted by Crippen LogP contribution is 2.26. The highest BCUT2D eigenvalue weighted by atomic mass is 79.9. The Morgan fingerprint density at radius 1 is 1.30 bits per heavy atom. The molecule has 20 heavy (non-hydrogen) atoms. The maximum absolute atomic E-state index is 13.9. The Morgan fingerprint density at radius 2 is 1.90 bits per heavy atom. The molecule has 0 amide bonds. The third-order valence-electron chi connectivity index (χ3n) is 3.13. The van der Waals surface area contributed by atoms with Crippen LogP contribution in [-0.4, -0.2) is 9.78 Å². The number of halogens is 3. The fourth-order valence-corrected chi connectivity index (χ4v) is 2.67. The van der Waals surface area contributed by atoms with E-state index in [0.29, 0.717) is 17.4 Å². The molecule has 2 rings (SSSR count). The van der Waals surface area contributed by atoms with Crippen molar-refractivity contribution in [2.75, 3.05) is 0 Å². The van der Waals surface area contributed by atoms with E-state index in [0.717, 1.165) is 11.4 Å². The first-order chi connectivity index (χ1) is 9.42. The van der Waals surface area contributed by atoms with Gasteiger partial charge in [0.25, 0.3) is 0 Å². The molecule has 0 fully saturated rings. The average molecular weight is 344 g/mol. The Bertz CT molecular complexity index is 602. The van der Waals surface area contributed by atoms with Crippen LogP contribution in [0.3, 0.4) is 0 Å². The molecule has 0 aliphatic rings. The number of aryl methyl sites for hydroxylation is 2. The van der Waals surface area contributed by atoms with Crippen LogP contribution in [0.25, 0.3) is 0 Å². The molecular formula is C14H16BrF2N3. The summed E-state index contributed by atoms with van der Waals surface area (Å²) in [5.41, 5.74) is 7.63. The first kappa shape index (κ1) is 15.1. The zero-order valence-corrected chi connectivity index (χ0v) is 12.9. The SMILES string of the molecule is CCn1nc(C)cc1CC(N)c1c(F)cc(Br)cc1F. The van der Waals surface area contributed by atoms with Crippen molar-refractivity contribution < 1.29 is 8.78 Å². The molecular weight excluding hydrogens is 328 g/mol. The van der Waals surface area contributed by atoms with Crippen LogP contribution in [0.4, 0.5) is 8.78 Å². The van der Waals surface area contributed by atoms with Gasteiger partial charge in [-0.15, -0.1) is 0 Å². The van der Waals surface area contributed by atoms with E-state index in [2.05, 4.69) is 21.0 Å². The summed E-state index contributed by atoms with van der Waals surface area (Å²) in [6.45, 7) is 4.53. The van der Waals surface area contributed by atoms with E-state index in [1.54, 1.807) is 4.68 Å². The minimum absolute atomic E-state index is 0.0882. The van der Waals surface area contributed by atoms with Crippen molar-refractivity contribution in [3.63, 3.8) is 0 Å². The molecule has 0 radical (unpaired) electrons. The molecule has 3 nitrogen and oxygen atoms in total. The number of aromatic nitrogens is 2. The zero-order valence-electron chi connectivity index (χ0n) is 11.3. The summed E-state index contributed by atoms with van der Waals surface area (Å²) in [6, 6.07) is 3.59. The van der Waals surface area contributed by atoms with E-state index < -0.39 is 17.7 Å². The van der Waals surface area contributed by atoms with Gasteiger partial charge in [-0.3, -0.25) is 4.68 Å². The van der Waals surface area contributed by atoms with Crippen molar-refractivity contribution >= 4 is 15.9 Å². The summed E-state index contributed by atoms with van der Waals surface area (Å²) in [6.07, 6.45) is 0.337. The molecule has 108 valence electrons. The van der Waals surface area contributed by atoms with E-state index >= 15 is 0 Å². The topological polar surface area (TPSA) is 43.8 Å². The summed E-state index contributed by atoms with van der Waals surface area (Å²) >= 11 is 3.05. The van der Waals surface area contributed by atoms with Gasteiger partial charge >= 0.3 is 0 Å². The van der Waals surface area contributed by atoms with Crippen LogP contribution in [0.2, 0.25) is 0 Å². The third-order valence-corrected chi connectivity index (χ3v) is 3.59. The number of hydrogen-bond donors (Lipinski definition) is 1. The smallest absolute Gasteiger partial charge is 0.132 e. The average Bonchev–Trinajstić information content (AvgIpc) is 2.67. The van der Waals surface area contributed by atoms with E-state index in [-0.39, 0.29) is 5.56 Å². The molecule has 1 aromatic heterocycles. The molecule has 1 heterocycles. The molecule has 0 aliphatic carbocycles. The standard InChI is InChI=1S/C14H16BrF2N3/c1-3-20-10(4-8(2)19-20)7-13(18)14-11(16)5-9(15)6-12(14)17/h4-6,13H,3,7,18H2,1-2H3. The second-order valence-electron chi connectivity index (χ2n) is 4.69. The lowest BCUT2D eigenvalue weighted by Crippen LogP contribution is -2.19. The lowest BCUT2D eigenvalue weighted by atomic mass is 10.0. The molecule has 0 bridgehead atoms. The minimum Gasteiger partial charge on any atom is -0.323 e. The number of nitrogens with two attached hydrogens (primary N) is 1. The highest BCUT2D eigenvalue weighted by Gasteiger charge is 2.19. The number of rotatable bonds is 4. The van der Waals surface area contributed by atoms with E-state index in [9.17, 15) is 8.78 Å². The van der Waals surface area contributed by atoms with Crippen LogP contribution in [0, 0.1) is 18.6 Å². The summed E-state index contributed by atoms with van der Waals surface area (Å²) in [5, 5.41) is 4.30. The lowest BCUT2D eigenvalue weighted by molar-refractivity contribution is 0.512. The second-order valence-corrected chi connectivity index (χ2v) is 5.60. The highest BCUT2D eigenvalue weighted by molar-refractivity contribution is 9.10. The maximum atomic E-state index is 13.9. The van der Waals surface area contributed by atoms with Crippen molar-refractivity contribution in [1.29, 1.82) is 0 Å². The van der Waals surface area contributed by atoms with Crippen LogP contribution in [0.1, 0.15) is 29.9 Å². The van der Waals surface area contributed by atoms with Crippen molar-refractivity contribution in [1.82, 2.24) is 9.78 Å². The van der Waals surface area contributed by atoms with Gasteiger partial charge in [-0.25, -0.2) is 8.78 Å². The van der Waals surface area contributed by atoms with Crippen molar-refractivity contribution in [2.45, 2.75) is 32.9 Å². The largest absolute Gasteiger partial charge is 0.323 e. The summed E-state index contributed by atoms with van der Waals surface area (Å²) in [7, 11) is 0. The van der Waals surface area contributed by atoms with Crippen molar-refractivity contribution in [3.8, 4) is 0 Å². The summed E-state index contributed by atoms with van der Waals surface area (Å²) in [5.74, 6) is -1.27. The van der Waals surface area contributed by atoms with Gasteiger partial charge in [0.15, 0.2) is 0 Å². The maximum Gasteiger partial charge on any atom is 0.132 e. The van der Waals surface area contributed by atoms with E-state index in [4.69, 9.17) is 5.73 Å². The molecule has 1 aromatic carbocycles. The normalized spacial score (nSPS) is 12.7. The van der Waals surface area contributed by atoms with Gasteiger partial charge in [-0.1, -0.05) is 15.9 Å². The first-order valence-corrected chi connectivity index (χ1v) is 7.15. The Kier molecular flexibility index (Phi) is 4.55. The first-order valence-electron chi connectivity index (χ1n) is 6.35. The van der Waals surface area contributed by atoms with Crippen molar-refractivity contribution in [2.24, 2.45) is 5.73 Å². The van der Waals surface area contributed by atoms with Gasteiger partial charge in [0.05, 0.1) is 5.69 Å². The van der Waals surface area contributed by atoms with E-state index in [1.807, 2.05) is 19.9 Å². The molecule has 6 heteroatoms. The predicted octanol–water partition coefficient (Wildman–Crippen LogP) is 3.49. The number of benzene rings is 1. The molecule has 1 atom stereocenters. The molecule has 0 aliphatic heterocycles. The monoisotopic (exact) mass is 343 g/mol. The van der Waals surface area contributed by atoms with Gasteiger partial charge in [-0.05, 0) is 32.0 Å². The van der Waals surface area contributed by atoms with Gasteiger partial charge in [0.1, 0.15) is 11.6 Å². The Balaban J connectivity index is 2.30. The molecule has 2 aromatic rings. The third kappa shape index (κ3) is 3.07. The Morgan fingerprint density at radius 3 is 2.45 bits per heavy atom. The van der Waals surface area contributed by atoms with Crippen LogP contribution in [0.15, 0.2) is 22.7 Å². The van der Waals surface area contributed by atoms with Gasteiger partial charge < -0.3 is 5.73 Å². The molecule has 1 unspecified atom stereocenters. The number of nitrogens with zero attached hydrogens (tertiary/aromatic N) is 2. The van der Waals surface area contributed by atoms with Crippen LogP contribution >= 0.6 is 15.9 Å². The number of hydrogen-bond acceptors (Lipinski definition) is 2. The quantitative estimate of drug-likeness (QED) is 0.923. The van der Waals surface area contributed by atoms with Crippen LogP contribution < -0.4 is 5.73 Å². The van der Waals surface area contributed by atoms with Gasteiger partial charge in [0.2, 0.25) is 0 Å². The molecule has 0 spiro atoms. The molecule has 0 saturated carbocycles. The zero-order chi connectivity index (χ0) is 14.9. The fourth-order valence-electron chi connectivity index (χ4n) is 2.27. The second kappa shape index (κ2) is 6.01. The predicted molar refractivity (Wildman–Crippen MR) is 77.3 cm³/mol. The Labute approximate surface area is 124 Å². The fraction of sp³-hybridized carbons (Fsp3) is 0.357. The summed E-state index contributed by atoms with van der Waals surface area (Å²) < 4.78 is 29.9. The lowest BCUT2D eigenvalue weighted by Gasteiger charge is -2.15. The minimum atomic E-state index is -0.746. The molecule has 2 N–H and O–H groups in total. The van der Waals surface area contributed by atoms with Gasteiger partial charge in [-0.2, -0.15) is 5.10 Å². The van der Waals surface area contributed by atoms with E-state index in [1.165, 1.54) is 12.1 Å². The Hall–Kier alpha value is -1.27. The van der Waals surface area contributed by atoms with Crippen molar-refractivity contribution in [3.05, 3.63) is 51.3 Å². The van der Waals surface area contributed by atoms with Crippen LogP contribution in [0.5, 0.6) is 0 Å².